The van der Waals surface area contributed by atoms with E-state index in [1.807, 2.05) is 6.08 Å². The van der Waals surface area contributed by atoms with Crippen molar-refractivity contribution in [2.24, 2.45) is 5.92 Å². The summed E-state index contributed by atoms with van der Waals surface area (Å²) in [7, 11) is 0. The van der Waals surface area contributed by atoms with Crippen molar-refractivity contribution in [1.82, 2.24) is 5.32 Å². The Balaban J connectivity index is 1.89. The fourth-order valence-corrected chi connectivity index (χ4v) is 2.93. The lowest BCUT2D eigenvalue weighted by atomic mass is 9.86. The fraction of sp³-hybridized carbons (Fsp3) is 0.526. The molecule has 21 heavy (non-hydrogen) atoms. The third-order valence-corrected chi connectivity index (χ3v) is 4.47. The molecule has 1 aliphatic carbocycles. The second kappa shape index (κ2) is 7.44. The van der Waals surface area contributed by atoms with Crippen LogP contribution < -0.4 is 5.32 Å². The van der Waals surface area contributed by atoms with Crippen LogP contribution in [-0.4, -0.2) is 11.9 Å². The lowest BCUT2D eigenvalue weighted by Crippen LogP contribution is -2.40. The zero-order valence-electron chi connectivity index (χ0n) is 13.4. The van der Waals surface area contributed by atoms with Crippen LogP contribution in [0.25, 0.3) is 6.08 Å². The molecule has 1 N–H and O–H groups in total. The summed E-state index contributed by atoms with van der Waals surface area (Å²) in [5.74, 6) is 1.17. The number of amides is 1. The molecule has 0 aromatic heterocycles. The zero-order valence-corrected chi connectivity index (χ0v) is 13.4. The summed E-state index contributed by atoms with van der Waals surface area (Å²) >= 11 is 0. The second-order valence-electron chi connectivity index (χ2n) is 6.53. The molecule has 1 amide bonds. The molecule has 0 heterocycles. The summed E-state index contributed by atoms with van der Waals surface area (Å²) in [5.41, 5.74) is 2.40. The first-order valence-corrected chi connectivity index (χ1v) is 8.15. The van der Waals surface area contributed by atoms with Crippen LogP contribution in [0.4, 0.5) is 0 Å². The van der Waals surface area contributed by atoms with Crippen molar-refractivity contribution in [3.8, 4) is 0 Å². The molecule has 1 aliphatic rings. The average Bonchev–Trinajstić information content (AvgIpc) is 2.48. The molecule has 1 aromatic rings. The van der Waals surface area contributed by atoms with E-state index in [4.69, 9.17) is 0 Å². The van der Waals surface area contributed by atoms with Gasteiger partial charge < -0.3 is 5.32 Å². The molecule has 2 heteroatoms. The third kappa shape index (κ3) is 4.73. The standard InChI is InChI=1S/C19H27NO/c1-14(2)17-11-8-16(9-12-17)10-13-19(21)20-18-7-5-4-6-15(18)3/h8-15,18H,4-7H2,1-3H3,(H,20,21). The van der Waals surface area contributed by atoms with E-state index in [9.17, 15) is 4.79 Å². The Morgan fingerprint density at radius 1 is 1.19 bits per heavy atom. The van der Waals surface area contributed by atoms with Gasteiger partial charge in [-0.15, -0.1) is 0 Å². The summed E-state index contributed by atoms with van der Waals surface area (Å²) in [4.78, 5) is 12.0. The van der Waals surface area contributed by atoms with E-state index in [0.717, 1.165) is 12.0 Å². The maximum atomic E-state index is 12.0. The molecule has 2 nitrogen and oxygen atoms in total. The normalized spacial score (nSPS) is 22.7. The van der Waals surface area contributed by atoms with Crippen molar-refractivity contribution in [3.63, 3.8) is 0 Å². The van der Waals surface area contributed by atoms with Crippen LogP contribution in [0.5, 0.6) is 0 Å². The molecule has 0 aliphatic heterocycles. The van der Waals surface area contributed by atoms with Gasteiger partial charge in [-0.2, -0.15) is 0 Å². The molecular weight excluding hydrogens is 258 g/mol. The number of nitrogens with one attached hydrogen (secondary N) is 1. The number of hydrogen-bond acceptors (Lipinski definition) is 1. The van der Waals surface area contributed by atoms with Crippen LogP contribution in [0.2, 0.25) is 0 Å². The third-order valence-electron chi connectivity index (χ3n) is 4.47. The number of benzene rings is 1. The molecule has 2 atom stereocenters. The van der Waals surface area contributed by atoms with Crippen molar-refractivity contribution in [3.05, 3.63) is 41.5 Å². The van der Waals surface area contributed by atoms with Crippen molar-refractivity contribution in [2.45, 2.75) is 58.4 Å². The summed E-state index contributed by atoms with van der Waals surface area (Å²) in [5, 5.41) is 3.14. The van der Waals surface area contributed by atoms with Gasteiger partial charge in [-0.3, -0.25) is 4.79 Å². The first kappa shape index (κ1) is 15.8. The quantitative estimate of drug-likeness (QED) is 0.810. The van der Waals surface area contributed by atoms with Crippen LogP contribution in [0.15, 0.2) is 30.3 Å². The Morgan fingerprint density at radius 2 is 1.86 bits per heavy atom. The lowest BCUT2D eigenvalue weighted by molar-refractivity contribution is -0.117. The van der Waals surface area contributed by atoms with Gasteiger partial charge in [-0.1, -0.05) is 57.9 Å². The minimum absolute atomic E-state index is 0.0293. The van der Waals surface area contributed by atoms with Gasteiger partial charge in [-0.05, 0) is 41.9 Å². The molecular formula is C19H27NO. The summed E-state index contributed by atoms with van der Waals surface area (Å²) < 4.78 is 0. The van der Waals surface area contributed by atoms with Gasteiger partial charge in [0.05, 0.1) is 0 Å². The fourth-order valence-electron chi connectivity index (χ4n) is 2.93. The van der Waals surface area contributed by atoms with Crippen LogP contribution in [-0.2, 0) is 4.79 Å². The SMILES string of the molecule is CC(C)c1ccc(C=CC(=O)NC2CCCCC2C)cc1. The van der Waals surface area contributed by atoms with E-state index in [0.29, 0.717) is 17.9 Å². The van der Waals surface area contributed by atoms with Gasteiger partial charge in [0.2, 0.25) is 5.91 Å². The number of carbonyl (C=O) groups is 1. The first-order chi connectivity index (χ1) is 10.1. The smallest absolute Gasteiger partial charge is 0.244 e. The minimum Gasteiger partial charge on any atom is -0.350 e. The van der Waals surface area contributed by atoms with Gasteiger partial charge in [0.1, 0.15) is 0 Å². The summed E-state index contributed by atoms with van der Waals surface area (Å²) in [6.07, 6.45) is 8.43. The Labute approximate surface area is 128 Å². The Hall–Kier alpha value is -1.57. The highest BCUT2D eigenvalue weighted by Gasteiger charge is 2.21. The monoisotopic (exact) mass is 285 g/mol. The Kier molecular flexibility index (Phi) is 5.60. The van der Waals surface area contributed by atoms with E-state index in [-0.39, 0.29) is 5.91 Å². The molecule has 1 saturated carbocycles. The van der Waals surface area contributed by atoms with Crippen molar-refractivity contribution in [1.29, 1.82) is 0 Å². The van der Waals surface area contributed by atoms with Crippen LogP contribution in [0.3, 0.4) is 0 Å². The Bertz CT molecular complexity index is 487. The van der Waals surface area contributed by atoms with E-state index in [1.165, 1.54) is 24.8 Å². The maximum absolute atomic E-state index is 12.0. The highest BCUT2D eigenvalue weighted by Crippen LogP contribution is 2.23. The molecule has 0 saturated heterocycles. The molecule has 2 rings (SSSR count). The van der Waals surface area contributed by atoms with Crippen molar-refractivity contribution < 1.29 is 4.79 Å². The highest BCUT2D eigenvalue weighted by molar-refractivity contribution is 5.91. The number of rotatable bonds is 4. The molecule has 1 aromatic carbocycles. The van der Waals surface area contributed by atoms with Crippen LogP contribution in [0, 0.1) is 5.92 Å². The second-order valence-corrected chi connectivity index (χ2v) is 6.53. The van der Waals surface area contributed by atoms with Crippen LogP contribution in [0.1, 0.15) is 63.5 Å². The topological polar surface area (TPSA) is 29.1 Å². The molecule has 114 valence electrons. The molecule has 2 unspecified atom stereocenters. The van der Waals surface area contributed by atoms with Gasteiger partial charge in [0, 0.05) is 12.1 Å². The molecule has 0 radical (unpaired) electrons. The van der Waals surface area contributed by atoms with Gasteiger partial charge in [0.25, 0.3) is 0 Å². The largest absolute Gasteiger partial charge is 0.350 e. The lowest BCUT2D eigenvalue weighted by Gasteiger charge is -2.29. The predicted octanol–water partition coefficient (Wildman–Crippen LogP) is 4.52. The van der Waals surface area contributed by atoms with Crippen molar-refractivity contribution >= 4 is 12.0 Å². The van der Waals surface area contributed by atoms with Gasteiger partial charge in [-0.25, -0.2) is 0 Å². The Morgan fingerprint density at radius 3 is 2.48 bits per heavy atom. The minimum atomic E-state index is 0.0293. The van der Waals surface area contributed by atoms with Gasteiger partial charge >= 0.3 is 0 Å². The molecule has 0 bridgehead atoms. The average molecular weight is 285 g/mol. The summed E-state index contributed by atoms with van der Waals surface area (Å²) in [6.45, 7) is 6.60. The van der Waals surface area contributed by atoms with Crippen LogP contribution >= 0.6 is 0 Å². The van der Waals surface area contributed by atoms with E-state index < -0.39 is 0 Å². The predicted molar refractivity (Wildman–Crippen MR) is 89.1 cm³/mol. The number of carbonyl (C=O) groups excluding carboxylic acids is 1. The first-order valence-electron chi connectivity index (χ1n) is 8.15. The summed E-state index contributed by atoms with van der Waals surface area (Å²) in [6, 6.07) is 8.75. The van der Waals surface area contributed by atoms with Crippen molar-refractivity contribution in [2.75, 3.05) is 0 Å². The highest BCUT2D eigenvalue weighted by atomic mass is 16.1. The van der Waals surface area contributed by atoms with E-state index >= 15 is 0 Å². The molecule has 1 fully saturated rings. The maximum Gasteiger partial charge on any atom is 0.244 e. The van der Waals surface area contributed by atoms with Gasteiger partial charge in [0.15, 0.2) is 0 Å². The number of hydrogen-bond donors (Lipinski definition) is 1. The molecule has 0 spiro atoms. The van der Waals surface area contributed by atoms with E-state index in [1.54, 1.807) is 6.08 Å². The zero-order chi connectivity index (χ0) is 15.2. The van der Waals surface area contributed by atoms with E-state index in [2.05, 4.69) is 50.4 Å².